The number of rotatable bonds is 7. The van der Waals surface area contributed by atoms with Crippen molar-refractivity contribution in [2.75, 3.05) is 33.4 Å². The fraction of sp³-hybridized carbons (Fsp3) is 0.391. The van der Waals surface area contributed by atoms with Crippen LogP contribution in [-0.2, 0) is 0 Å². The number of aliphatic hydroxyl groups is 2. The number of nitrogens with one attached hydrogen (secondary N) is 1. The predicted molar refractivity (Wildman–Crippen MR) is 113 cm³/mol. The number of hydrogen-bond acceptors (Lipinski definition) is 5. The second-order valence-corrected chi connectivity index (χ2v) is 7.66. The van der Waals surface area contributed by atoms with Gasteiger partial charge in [-0.1, -0.05) is 18.2 Å². The molecule has 0 spiro atoms. The van der Waals surface area contributed by atoms with Crippen LogP contribution in [0.5, 0.6) is 11.5 Å². The molecule has 1 aliphatic rings. The Morgan fingerprint density at radius 3 is 2.93 bits per heavy atom. The van der Waals surface area contributed by atoms with Crippen LogP contribution in [0.4, 0.5) is 0 Å². The molecule has 1 aliphatic heterocycles. The molecule has 3 aromatic rings. The number of aromatic amines is 1. The number of hydrogen-bond donors (Lipinski definition) is 3. The summed E-state index contributed by atoms with van der Waals surface area (Å²) in [6.07, 6.45) is 1.56. The van der Waals surface area contributed by atoms with Crippen LogP contribution in [0.25, 0.3) is 10.9 Å². The van der Waals surface area contributed by atoms with Crippen molar-refractivity contribution in [1.29, 1.82) is 0 Å². The molecule has 1 saturated heterocycles. The van der Waals surface area contributed by atoms with Crippen LogP contribution in [-0.4, -0.2) is 65.7 Å². The number of ether oxygens (including phenoxy) is 2. The number of nitrogens with zero attached hydrogens (tertiary/aromatic N) is 1. The molecule has 4 rings (SSSR count). The average molecular weight is 396 g/mol. The summed E-state index contributed by atoms with van der Waals surface area (Å²) in [4.78, 5) is 5.36. The van der Waals surface area contributed by atoms with E-state index >= 15 is 0 Å². The van der Waals surface area contributed by atoms with Gasteiger partial charge in [0.1, 0.15) is 24.2 Å². The first-order chi connectivity index (χ1) is 14.1. The van der Waals surface area contributed by atoms with Crippen molar-refractivity contribution in [1.82, 2.24) is 9.88 Å². The maximum absolute atomic E-state index is 10.5. The van der Waals surface area contributed by atoms with Gasteiger partial charge in [0.05, 0.1) is 13.2 Å². The molecule has 29 heavy (non-hydrogen) atoms. The Labute approximate surface area is 170 Å². The zero-order chi connectivity index (χ0) is 20.2. The van der Waals surface area contributed by atoms with Crippen molar-refractivity contribution < 1.29 is 19.7 Å². The Morgan fingerprint density at radius 1 is 1.21 bits per heavy atom. The molecule has 154 valence electrons. The van der Waals surface area contributed by atoms with Crippen molar-refractivity contribution in [3.8, 4) is 11.5 Å². The van der Waals surface area contributed by atoms with E-state index in [1.165, 1.54) is 0 Å². The quantitative estimate of drug-likeness (QED) is 0.572. The molecular formula is C23H28N2O4. The fourth-order valence-corrected chi connectivity index (χ4v) is 4.09. The van der Waals surface area contributed by atoms with Gasteiger partial charge < -0.3 is 24.7 Å². The summed E-state index contributed by atoms with van der Waals surface area (Å²) < 4.78 is 11.2. The molecular weight excluding hydrogens is 368 g/mol. The lowest BCUT2D eigenvalue weighted by Gasteiger charge is -2.37. The summed E-state index contributed by atoms with van der Waals surface area (Å²) >= 11 is 0. The molecule has 3 N–H and O–H groups in total. The SMILES string of the molecule is COc1cccc(C2CN(C[C@H](O)COc3cccc4[nH]ccc34)CCC2O)c1. The summed E-state index contributed by atoms with van der Waals surface area (Å²) in [5.41, 5.74) is 2.08. The van der Waals surface area contributed by atoms with E-state index in [9.17, 15) is 10.2 Å². The number of β-amino-alcohol motifs (C(OH)–C–C–N with tert-alkyl or cyclic N) is 1. The van der Waals surface area contributed by atoms with E-state index in [0.29, 0.717) is 19.5 Å². The maximum atomic E-state index is 10.5. The molecule has 6 nitrogen and oxygen atoms in total. The molecule has 0 bridgehead atoms. The van der Waals surface area contributed by atoms with Crippen LogP contribution in [0.15, 0.2) is 54.7 Å². The summed E-state index contributed by atoms with van der Waals surface area (Å²) in [7, 11) is 1.65. The summed E-state index contributed by atoms with van der Waals surface area (Å²) in [5.74, 6) is 1.56. The number of benzene rings is 2. The second-order valence-electron chi connectivity index (χ2n) is 7.66. The molecule has 0 amide bonds. The molecule has 1 aromatic heterocycles. The van der Waals surface area contributed by atoms with Crippen molar-refractivity contribution >= 4 is 10.9 Å². The van der Waals surface area contributed by atoms with Gasteiger partial charge >= 0.3 is 0 Å². The second kappa shape index (κ2) is 8.86. The number of aromatic nitrogens is 1. The van der Waals surface area contributed by atoms with Gasteiger partial charge in [-0.25, -0.2) is 0 Å². The van der Waals surface area contributed by atoms with E-state index in [0.717, 1.165) is 34.5 Å². The first-order valence-electron chi connectivity index (χ1n) is 10.1. The minimum atomic E-state index is -0.606. The van der Waals surface area contributed by atoms with Gasteiger partial charge in [-0.15, -0.1) is 0 Å². The largest absolute Gasteiger partial charge is 0.497 e. The third kappa shape index (κ3) is 4.56. The van der Waals surface area contributed by atoms with Gasteiger partial charge in [-0.3, -0.25) is 4.90 Å². The lowest BCUT2D eigenvalue weighted by Crippen LogP contribution is -2.45. The molecule has 2 unspecified atom stereocenters. The standard InChI is InChI=1S/C23H28N2O4/c1-28-18-5-2-4-16(12-18)20-14-25(11-9-22(20)27)13-17(26)15-29-23-7-3-6-21-19(23)8-10-24-21/h2-8,10,12,17,20,22,24,26-27H,9,11,13-15H2,1H3/t17-,20?,22?/m0/s1. The monoisotopic (exact) mass is 396 g/mol. The van der Waals surface area contributed by atoms with Crippen LogP contribution in [0.3, 0.4) is 0 Å². The summed E-state index contributed by atoms with van der Waals surface area (Å²) in [5, 5.41) is 22.1. The molecule has 0 aliphatic carbocycles. The molecule has 0 radical (unpaired) electrons. The highest BCUT2D eigenvalue weighted by molar-refractivity contribution is 5.85. The maximum Gasteiger partial charge on any atom is 0.128 e. The highest BCUT2D eigenvalue weighted by atomic mass is 16.5. The topological polar surface area (TPSA) is 78.0 Å². The van der Waals surface area contributed by atoms with Gasteiger partial charge in [0.2, 0.25) is 0 Å². The number of H-pyrrole nitrogens is 1. The van der Waals surface area contributed by atoms with Gasteiger partial charge in [-0.05, 0) is 42.3 Å². The molecule has 2 aromatic carbocycles. The molecule has 2 heterocycles. The zero-order valence-corrected chi connectivity index (χ0v) is 16.6. The average Bonchev–Trinajstić information content (AvgIpc) is 3.23. The lowest BCUT2D eigenvalue weighted by molar-refractivity contribution is 0.0219. The van der Waals surface area contributed by atoms with Gasteiger partial charge in [-0.2, -0.15) is 0 Å². The van der Waals surface area contributed by atoms with Gasteiger partial charge in [0.25, 0.3) is 0 Å². The number of piperidine rings is 1. The Bertz CT molecular complexity index is 941. The summed E-state index contributed by atoms with van der Waals surface area (Å²) in [6, 6.07) is 15.7. The van der Waals surface area contributed by atoms with Crippen molar-refractivity contribution in [3.63, 3.8) is 0 Å². The van der Waals surface area contributed by atoms with E-state index in [2.05, 4.69) is 9.88 Å². The van der Waals surface area contributed by atoms with E-state index in [1.54, 1.807) is 7.11 Å². The van der Waals surface area contributed by atoms with Gasteiger partial charge in [0, 0.05) is 42.7 Å². The molecule has 1 fully saturated rings. The van der Waals surface area contributed by atoms with Crippen molar-refractivity contribution in [2.24, 2.45) is 0 Å². The third-order valence-corrected chi connectivity index (χ3v) is 5.64. The van der Waals surface area contributed by atoms with Crippen LogP contribution < -0.4 is 9.47 Å². The molecule has 3 atom stereocenters. The smallest absolute Gasteiger partial charge is 0.128 e. The first-order valence-corrected chi connectivity index (χ1v) is 10.1. The number of methoxy groups -OCH3 is 1. The van der Waals surface area contributed by atoms with Crippen LogP contribution in [0.1, 0.15) is 17.9 Å². The van der Waals surface area contributed by atoms with Crippen molar-refractivity contribution in [2.45, 2.75) is 24.5 Å². The molecule has 6 heteroatoms. The van der Waals surface area contributed by atoms with Gasteiger partial charge in [0.15, 0.2) is 0 Å². The Kier molecular flexibility index (Phi) is 6.04. The van der Waals surface area contributed by atoms with Crippen molar-refractivity contribution in [3.05, 3.63) is 60.3 Å². The minimum absolute atomic E-state index is 0.000530. The Morgan fingerprint density at radius 2 is 2.07 bits per heavy atom. The lowest BCUT2D eigenvalue weighted by atomic mass is 9.88. The first kappa shape index (κ1) is 19.8. The fourth-order valence-electron chi connectivity index (χ4n) is 4.09. The normalized spacial score (nSPS) is 21.2. The highest BCUT2D eigenvalue weighted by Gasteiger charge is 2.30. The van der Waals surface area contributed by atoms with Crippen LogP contribution in [0.2, 0.25) is 0 Å². The van der Waals surface area contributed by atoms with E-state index in [1.807, 2.05) is 54.7 Å². The predicted octanol–water partition coefficient (Wildman–Crippen LogP) is 2.77. The zero-order valence-electron chi connectivity index (χ0n) is 16.6. The van der Waals surface area contributed by atoms with E-state index < -0.39 is 12.2 Å². The van der Waals surface area contributed by atoms with Crippen LogP contribution in [0, 0.1) is 0 Å². The Balaban J connectivity index is 1.35. The number of aliphatic hydroxyl groups excluding tert-OH is 2. The van der Waals surface area contributed by atoms with E-state index in [-0.39, 0.29) is 12.5 Å². The minimum Gasteiger partial charge on any atom is -0.497 e. The number of fused-ring (bicyclic) bond motifs is 1. The summed E-state index contributed by atoms with van der Waals surface area (Å²) in [6.45, 7) is 2.19. The third-order valence-electron chi connectivity index (χ3n) is 5.64. The van der Waals surface area contributed by atoms with Crippen LogP contribution >= 0.6 is 0 Å². The number of likely N-dealkylation sites (tertiary alicyclic amines) is 1. The molecule has 0 saturated carbocycles. The highest BCUT2D eigenvalue weighted by Crippen LogP contribution is 2.30. The Hall–Kier alpha value is -2.54. The van der Waals surface area contributed by atoms with E-state index in [4.69, 9.17) is 9.47 Å².